The summed E-state index contributed by atoms with van der Waals surface area (Å²) in [7, 11) is -3.12. The van der Waals surface area contributed by atoms with Crippen LogP contribution in [0, 0.1) is 17.5 Å². The lowest BCUT2D eigenvalue weighted by Gasteiger charge is -2.20. The van der Waals surface area contributed by atoms with Crippen LogP contribution in [-0.4, -0.2) is 27.0 Å². The number of sulfone groups is 1. The van der Waals surface area contributed by atoms with Gasteiger partial charge in [-0.05, 0) is 25.8 Å². The zero-order valence-electron chi connectivity index (χ0n) is 12.1. The molecule has 1 rings (SSSR count). The lowest BCUT2D eigenvalue weighted by molar-refractivity contribution is 0.436. The zero-order valence-corrected chi connectivity index (χ0v) is 12.9. The highest BCUT2D eigenvalue weighted by Gasteiger charge is 2.21. The summed E-state index contributed by atoms with van der Waals surface area (Å²) < 4.78 is 62.8. The third-order valence-corrected chi connectivity index (χ3v) is 4.07. The van der Waals surface area contributed by atoms with E-state index in [1.807, 2.05) is 6.92 Å². The van der Waals surface area contributed by atoms with Gasteiger partial charge in [-0.3, -0.25) is 0 Å². The summed E-state index contributed by atoms with van der Waals surface area (Å²) in [5, 5.41) is 2.98. The van der Waals surface area contributed by atoms with Gasteiger partial charge in [0.05, 0.1) is 0 Å². The first kappa shape index (κ1) is 18.0. The van der Waals surface area contributed by atoms with Crippen molar-refractivity contribution < 1.29 is 21.6 Å². The Labute approximate surface area is 123 Å². The van der Waals surface area contributed by atoms with Gasteiger partial charge in [-0.2, -0.15) is 0 Å². The monoisotopic (exact) mass is 323 g/mol. The van der Waals surface area contributed by atoms with Crippen molar-refractivity contribution in [2.24, 2.45) is 0 Å². The third kappa shape index (κ3) is 6.05. The van der Waals surface area contributed by atoms with Gasteiger partial charge in [0.2, 0.25) is 0 Å². The minimum absolute atomic E-state index is 0.0538. The molecule has 1 unspecified atom stereocenters. The summed E-state index contributed by atoms with van der Waals surface area (Å²) in [6, 6.07) is 0.595. The number of halogens is 3. The van der Waals surface area contributed by atoms with Crippen molar-refractivity contribution in [2.75, 3.05) is 18.6 Å². The maximum atomic E-state index is 13.8. The van der Waals surface area contributed by atoms with E-state index in [9.17, 15) is 21.6 Å². The minimum Gasteiger partial charge on any atom is -0.310 e. The maximum absolute atomic E-state index is 13.8. The van der Waals surface area contributed by atoms with Gasteiger partial charge in [-0.15, -0.1) is 0 Å². The average Bonchev–Trinajstić information content (AvgIpc) is 2.32. The molecule has 1 aromatic carbocycles. The second-order valence-corrected chi connectivity index (χ2v) is 7.32. The number of rotatable bonds is 8. The van der Waals surface area contributed by atoms with Crippen LogP contribution in [0.3, 0.4) is 0 Å². The van der Waals surface area contributed by atoms with E-state index < -0.39 is 33.3 Å². The van der Waals surface area contributed by atoms with Crippen molar-refractivity contribution in [3.05, 3.63) is 35.1 Å². The Balaban J connectivity index is 2.91. The van der Waals surface area contributed by atoms with Crippen LogP contribution >= 0.6 is 0 Å². The number of nitrogens with one attached hydrogen (secondary N) is 1. The molecule has 0 aliphatic carbocycles. The van der Waals surface area contributed by atoms with Crippen molar-refractivity contribution in [3.8, 4) is 0 Å². The predicted octanol–water partition coefficient (Wildman–Crippen LogP) is 2.97. The number of hydrogen-bond donors (Lipinski definition) is 1. The fourth-order valence-electron chi connectivity index (χ4n) is 2.10. The smallest absolute Gasteiger partial charge is 0.147 e. The highest BCUT2D eigenvalue weighted by molar-refractivity contribution is 7.90. The molecule has 0 saturated carbocycles. The Hall–Kier alpha value is -1.08. The first-order chi connectivity index (χ1) is 9.74. The molecule has 7 heteroatoms. The normalized spacial score (nSPS) is 13.4. The van der Waals surface area contributed by atoms with E-state index in [0.717, 1.165) is 12.7 Å². The highest BCUT2D eigenvalue weighted by atomic mass is 32.2. The van der Waals surface area contributed by atoms with Gasteiger partial charge in [0.25, 0.3) is 0 Å². The molecule has 0 aliphatic rings. The maximum Gasteiger partial charge on any atom is 0.147 e. The fourth-order valence-corrected chi connectivity index (χ4v) is 2.79. The molecule has 0 aromatic heterocycles. The molecule has 0 bridgehead atoms. The van der Waals surface area contributed by atoms with Gasteiger partial charge >= 0.3 is 0 Å². The standard InChI is InChI=1S/C14H20F3NO2S/c1-3-6-18-13(5-4-7-21(2,19)20)14-11(16)8-10(15)9-12(14)17/h8-9,13,18H,3-7H2,1-2H3. The van der Waals surface area contributed by atoms with Crippen LogP contribution in [0.15, 0.2) is 12.1 Å². The molecule has 0 heterocycles. The van der Waals surface area contributed by atoms with Gasteiger partial charge in [-0.25, -0.2) is 21.6 Å². The van der Waals surface area contributed by atoms with Crippen LogP contribution < -0.4 is 5.32 Å². The van der Waals surface area contributed by atoms with E-state index in [0.29, 0.717) is 18.7 Å². The SMILES string of the molecule is CCCNC(CCCS(C)(=O)=O)c1c(F)cc(F)cc1F. The molecule has 0 amide bonds. The van der Waals surface area contributed by atoms with Crippen molar-refractivity contribution >= 4 is 9.84 Å². The van der Waals surface area contributed by atoms with Gasteiger partial charge in [0.15, 0.2) is 0 Å². The fraction of sp³-hybridized carbons (Fsp3) is 0.571. The largest absolute Gasteiger partial charge is 0.310 e. The minimum atomic E-state index is -3.12. The van der Waals surface area contributed by atoms with Crippen LogP contribution in [-0.2, 0) is 9.84 Å². The Kier molecular flexibility index (Phi) is 6.67. The Morgan fingerprint density at radius 3 is 2.24 bits per heavy atom. The lowest BCUT2D eigenvalue weighted by atomic mass is 10.0. The second kappa shape index (κ2) is 7.79. The van der Waals surface area contributed by atoms with Crippen molar-refractivity contribution in [3.63, 3.8) is 0 Å². The van der Waals surface area contributed by atoms with Gasteiger partial charge in [-0.1, -0.05) is 6.92 Å². The van der Waals surface area contributed by atoms with Crippen molar-refractivity contribution in [1.29, 1.82) is 0 Å². The molecule has 120 valence electrons. The number of benzene rings is 1. The predicted molar refractivity (Wildman–Crippen MR) is 76.3 cm³/mol. The van der Waals surface area contributed by atoms with Crippen LogP contribution in [0.5, 0.6) is 0 Å². The molecule has 1 atom stereocenters. The quantitative estimate of drug-likeness (QED) is 0.800. The summed E-state index contributed by atoms with van der Waals surface area (Å²) >= 11 is 0. The molecule has 0 spiro atoms. The molecule has 1 N–H and O–H groups in total. The zero-order chi connectivity index (χ0) is 16.0. The van der Waals surface area contributed by atoms with E-state index in [-0.39, 0.29) is 24.2 Å². The van der Waals surface area contributed by atoms with Gasteiger partial charge < -0.3 is 5.32 Å². The highest BCUT2D eigenvalue weighted by Crippen LogP contribution is 2.26. The van der Waals surface area contributed by atoms with Crippen molar-refractivity contribution in [1.82, 2.24) is 5.32 Å². The molecule has 0 aliphatic heterocycles. The Morgan fingerprint density at radius 2 is 1.76 bits per heavy atom. The van der Waals surface area contributed by atoms with E-state index >= 15 is 0 Å². The first-order valence-corrected chi connectivity index (χ1v) is 8.86. The summed E-state index contributed by atoms with van der Waals surface area (Å²) in [6.45, 7) is 2.43. The first-order valence-electron chi connectivity index (χ1n) is 6.80. The van der Waals surface area contributed by atoms with Gasteiger partial charge in [0, 0.05) is 35.7 Å². The van der Waals surface area contributed by atoms with Gasteiger partial charge in [0.1, 0.15) is 27.3 Å². The molecule has 0 saturated heterocycles. The van der Waals surface area contributed by atoms with Crippen LogP contribution in [0.4, 0.5) is 13.2 Å². The summed E-state index contributed by atoms with van der Waals surface area (Å²) in [5.74, 6) is -2.94. The van der Waals surface area contributed by atoms with E-state index in [4.69, 9.17) is 0 Å². The summed E-state index contributed by atoms with van der Waals surface area (Å²) in [6.07, 6.45) is 2.40. The molecule has 21 heavy (non-hydrogen) atoms. The van der Waals surface area contributed by atoms with Crippen LogP contribution in [0.1, 0.15) is 37.8 Å². The molecular formula is C14H20F3NO2S. The Bertz CT molecular complexity index is 553. The lowest BCUT2D eigenvalue weighted by Crippen LogP contribution is -2.25. The molecule has 0 fully saturated rings. The molecule has 3 nitrogen and oxygen atoms in total. The van der Waals surface area contributed by atoms with E-state index in [2.05, 4.69) is 5.32 Å². The summed E-state index contributed by atoms with van der Waals surface area (Å²) in [4.78, 5) is 0. The second-order valence-electron chi connectivity index (χ2n) is 5.06. The summed E-state index contributed by atoms with van der Waals surface area (Å²) in [5.41, 5.74) is -0.238. The molecule has 0 radical (unpaired) electrons. The van der Waals surface area contributed by atoms with Crippen LogP contribution in [0.25, 0.3) is 0 Å². The topological polar surface area (TPSA) is 46.2 Å². The molecule has 1 aromatic rings. The molecular weight excluding hydrogens is 303 g/mol. The van der Waals surface area contributed by atoms with Crippen LogP contribution in [0.2, 0.25) is 0 Å². The average molecular weight is 323 g/mol. The van der Waals surface area contributed by atoms with Crippen molar-refractivity contribution in [2.45, 2.75) is 32.2 Å². The van der Waals surface area contributed by atoms with E-state index in [1.165, 1.54) is 0 Å². The Morgan fingerprint density at radius 1 is 1.19 bits per heavy atom. The third-order valence-electron chi connectivity index (χ3n) is 3.04. The number of hydrogen-bond acceptors (Lipinski definition) is 3. The van der Waals surface area contributed by atoms with E-state index in [1.54, 1.807) is 0 Å².